The standard InChI is InChI=1S/C11H25N3O2S/c1-10(2)8-13-17(15,16)14-6-4-11(3,9-12)5-7-14/h10,13H,4-9,12H2,1-3H3. The topological polar surface area (TPSA) is 75.4 Å². The highest BCUT2D eigenvalue weighted by molar-refractivity contribution is 7.87. The molecule has 17 heavy (non-hydrogen) atoms. The van der Waals surface area contributed by atoms with Crippen molar-refractivity contribution in [2.75, 3.05) is 26.2 Å². The fourth-order valence-electron chi connectivity index (χ4n) is 1.83. The fraction of sp³-hybridized carbons (Fsp3) is 1.00. The van der Waals surface area contributed by atoms with Crippen molar-refractivity contribution in [2.24, 2.45) is 17.1 Å². The molecule has 0 aliphatic carbocycles. The summed E-state index contributed by atoms with van der Waals surface area (Å²) in [5.74, 6) is 0.323. The summed E-state index contributed by atoms with van der Waals surface area (Å²) < 4.78 is 28.1. The monoisotopic (exact) mass is 263 g/mol. The SMILES string of the molecule is CC(C)CNS(=O)(=O)N1CCC(C)(CN)CC1. The molecule has 0 aromatic carbocycles. The van der Waals surface area contributed by atoms with Gasteiger partial charge in [0.05, 0.1) is 0 Å². The Labute approximate surface area is 105 Å². The van der Waals surface area contributed by atoms with Crippen LogP contribution in [0.1, 0.15) is 33.6 Å². The van der Waals surface area contributed by atoms with Crippen LogP contribution in [-0.2, 0) is 10.2 Å². The number of rotatable bonds is 5. The van der Waals surface area contributed by atoms with Gasteiger partial charge in [-0.2, -0.15) is 12.7 Å². The second-order valence-electron chi connectivity index (χ2n) is 5.66. The molecule has 1 rings (SSSR count). The van der Waals surface area contributed by atoms with Crippen LogP contribution in [0.3, 0.4) is 0 Å². The van der Waals surface area contributed by atoms with E-state index in [1.165, 1.54) is 4.31 Å². The zero-order valence-electron chi connectivity index (χ0n) is 11.1. The van der Waals surface area contributed by atoms with Crippen LogP contribution in [0.15, 0.2) is 0 Å². The lowest BCUT2D eigenvalue weighted by Gasteiger charge is -2.37. The highest BCUT2D eigenvalue weighted by Crippen LogP contribution is 2.30. The summed E-state index contributed by atoms with van der Waals surface area (Å²) in [6, 6.07) is 0. The Morgan fingerprint density at radius 2 is 1.88 bits per heavy atom. The second kappa shape index (κ2) is 5.65. The van der Waals surface area contributed by atoms with E-state index < -0.39 is 10.2 Å². The van der Waals surface area contributed by atoms with Crippen LogP contribution in [0.4, 0.5) is 0 Å². The summed E-state index contributed by atoms with van der Waals surface area (Å²) in [6.07, 6.45) is 1.68. The van der Waals surface area contributed by atoms with Gasteiger partial charge in [-0.05, 0) is 30.7 Å². The third-order valence-electron chi connectivity index (χ3n) is 3.44. The van der Waals surface area contributed by atoms with Gasteiger partial charge >= 0.3 is 0 Å². The predicted octanol–water partition coefficient (Wildman–Crippen LogP) is 0.538. The minimum atomic E-state index is -3.29. The maximum absolute atomic E-state index is 12.0. The van der Waals surface area contributed by atoms with Crippen LogP contribution in [0.5, 0.6) is 0 Å². The van der Waals surface area contributed by atoms with Crippen molar-refractivity contribution in [1.82, 2.24) is 9.03 Å². The zero-order valence-corrected chi connectivity index (χ0v) is 11.9. The van der Waals surface area contributed by atoms with Gasteiger partial charge in [0.2, 0.25) is 0 Å². The maximum Gasteiger partial charge on any atom is 0.279 e. The van der Waals surface area contributed by atoms with E-state index in [0.29, 0.717) is 32.1 Å². The molecule has 1 heterocycles. The minimum Gasteiger partial charge on any atom is -0.330 e. The van der Waals surface area contributed by atoms with Crippen molar-refractivity contribution >= 4 is 10.2 Å². The van der Waals surface area contributed by atoms with Gasteiger partial charge in [0.15, 0.2) is 0 Å². The Morgan fingerprint density at radius 1 is 1.35 bits per heavy atom. The summed E-state index contributed by atoms with van der Waals surface area (Å²) in [4.78, 5) is 0. The molecule has 3 N–H and O–H groups in total. The maximum atomic E-state index is 12.0. The molecule has 0 saturated carbocycles. The van der Waals surface area contributed by atoms with Crippen LogP contribution in [-0.4, -0.2) is 38.9 Å². The van der Waals surface area contributed by atoms with Gasteiger partial charge in [-0.15, -0.1) is 0 Å². The Hall–Kier alpha value is -0.170. The Kier molecular flexibility index (Phi) is 4.95. The van der Waals surface area contributed by atoms with E-state index in [0.717, 1.165) is 12.8 Å². The molecule has 0 aromatic heterocycles. The van der Waals surface area contributed by atoms with Gasteiger partial charge in [0, 0.05) is 19.6 Å². The number of nitrogens with two attached hydrogens (primary N) is 1. The smallest absolute Gasteiger partial charge is 0.279 e. The van der Waals surface area contributed by atoms with E-state index in [4.69, 9.17) is 5.73 Å². The molecule has 102 valence electrons. The first-order valence-electron chi connectivity index (χ1n) is 6.24. The molecule has 1 aliphatic heterocycles. The number of hydrogen-bond acceptors (Lipinski definition) is 3. The van der Waals surface area contributed by atoms with Crippen molar-refractivity contribution in [3.05, 3.63) is 0 Å². The molecule has 0 aromatic rings. The highest BCUT2D eigenvalue weighted by atomic mass is 32.2. The Balaban J connectivity index is 2.53. The zero-order chi connectivity index (χ0) is 13.1. The van der Waals surface area contributed by atoms with E-state index in [1.54, 1.807) is 0 Å². The van der Waals surface area contributed by atoms with Crippen molar-refractivity contribution < 1.29 is 8.42 Å². The quantitative estimate of drug-likeness (QED) is 0.760. The molecule has 0 spiro atoms. The van der Waals surface area contributed by atoms with Gasteiger partial charge < -0.3 is 5.73 Å². The van der Waals surface area contributed by atoms with Gasteiger partial charge in [-0.1, -0.05) is 20.8 Å². The highest BCUT2D eigenvalue weighted by Gasteiger charge is 2.33. The molecule has 0 amide bonds. The van der Waals surface area contributed by atoms with Crippen LogP contribution < -0.4 is 10.5 Å². The first kappa shape index (κ1) is 14.9. The average molecular weight is 263 g/mol. The normalized spacial score (nSPS) is 21.9. The molecule has 1 fully saturated rings. The average Bonchev–Trinajstić information content (AvgIpc) is 2.27. The summed E-state index contributed by atoms with van der Waals surface area (Å²) in [6.45, 7) is 8.36. The lowest BCUT2D eigenvalue weighted by molar-refractivity contribution is 0.181. The van der Waals surface area contributed by atoms with E-state index >= 15 is 0 Å². The van der Waals surface area contributed by atoms with Gasteiger partial charge in [0.25, 0.3) is 10.2 Å². The molecule has 1 saturated heterocycles. The second-order valence-corrected chi connectivity index (χ2v) is 7.42. The lowest BCUT2D eigenvalue weighted by atomic mass is 9.81. The molecular formula is C11H25N3O2S. The van der Waals surface area contributed by atoms with Crippen molar-refractivity contribution in [2.45, 2.75) is 33.6 Å². The summed E-state index contributed by atoms with van der Waals surface area (Å²) in [5, 5.41) is 0. The lowest BCUT2D eigenvalue weighted by Crippen LogP contribution is -2.49. The van der Waals surface area contributed by atoms with Crippen molar-refractivity contribution in [3.63, 3.8) is 0 Å². The molecule has 0 unspecified atom stereocenters. The van der Waals surface area contributed by atoms with Crippen molar-refractivity contribution in [1.29, 1.82) is 0 Å². The Morgan fingerprint density at radius 3 is 2.29 bits per heavy atom. The predicted molar refractivity (Wildman–Crippen MR) is 69.7 cm³/mol. The molecule has 5 nitrogen and oxygen atoms in total. The Bertz CT molecular complexity index is 333. The summed E-state index contributed by atoms with van der Waals surface area (Å²) >= 11 is 0. The molecule has 1 aliphatic rings. The van der Waals surface area contributed by atoms with Crippen LogP contribution in [0.25, 0.3) is 0 Å². The first-order chi connectivity index (χ1) is 7.79. The van der Waals surface area contributed by atoms with Crippen LogP contribution >= 0.6 is 0 Å². The van der Waals surface area contributed by atoms with E-state index in [1.807, 2.05) is 13.8 Å². The van der Waals surface area contributed by atoms with Crippen molar-refractivity contribution in [3.8, 4) is 0 Å². The largest absolute Gasteiger partial charge is 0.330 e. The van der Waals surface area contributed by atoms with E-state index in [-0.39, 0.29) is 5.41 Å². The van der Waals surface area contributed by atoms with Gasteiger partial charge in [-0.25, -0.2) is 4.72 Å². The number of hydrogen-bond donors (Lipinski definition) is 2. The third-order valence-corrected chi connectivity index (χ3v) is 5.01. The summed E-state index contributed by atoms with van der Waals surface area (Å²) in [5.41, 5.74) is 5.81. The van der Waals surface area contributed by atoms with Crippen LogP contribution in [0, 0.1) is 11.3 Å². The van der Waals surface area contributed by atoms with E-state index in [2.05, 4.69) is 11.6 Å². The number of piperidine rings is 1. The molecule has 6 heteroatoms. The third kappa shape index (κ3) is 4.21. The molecule has 0 atom stereocenters. The minimum absolute atomic E-state index is 0.101. The van der Waals surface area contributed by atoms with E-state index in [9.17, 15) is 8.42 Å². The van der Waals surface area contributed by atoms with Gasteiger partial charge in [-0.3, -0.25) is 0 Å². The molecule has 0 radical (unpaired) electrons. The molecule has 0 bridgehead atoms. The fourth-order valence-corrected chi connectivity index (χ4v) is 3.22. The summed E-state index contributed by atoms with van der Waals surface area (Å²) in [7, 11) is -3.29. The molecular weight excluding hydrogens is 238 g/mol. The number of nitrogens with zero attached hydrogens (tertiary/aromatic N) is 1. The number of nitrogens with one attached hydrogen (secondary N) is 1. The van der Waals surface area contributed by atoms with Crippen LogP contribution in [0.2, 0.25) is 0 Å². The van der Waals surface area contributed by atoms with Gasteiger partial charge in [0.1, 0.15) is 0 Å². The first-order valence-corrected chi connectivity index (χ1v) is 7.68.